The monoisotopic (exact) mass is 354 g/mol. The molecule has 0 spiro atoms. The molecule has 0 radical (unpaired) electrons. The van der Waals surface area contributed by atoms with E-state index in [1.807, 2.05) is 0 Å². The average molecular weight is 355 g/mol. The number of halogens is 1. The largest absolute Gasteiger partial charge is 0.377 e. The van der Waals surface area contributed by atoms with Crippen LogP contribution in [0.1, 0.15) is 38.7 Å². The minimum Gasteiger partial charge on any atom is -0.377 e. The molecule has 2 N–H and O–H groups in total. The molecule has 1 saturated heterocycles. The molecule has 1 aromatic rings. The van der Waals surface area contributed by atoms with E-state index in [-0.39, 0.29) is 6.04 Å². The zero-order valence-electron chi connectivity index (χ0n) is 13.1. The molecule has 1 aliphatic heterocycles. The Kier molecular flexibility index (Phi) is 6.52. The number of nitrogens with zero attached hydrogens (tertiary/aromatic N) is 1. The van der Waals surface area contributed by atoms with Crippen LogP contribution >= 0.6 is 15.9 Å². The Hall–Kier alpha value is -0.580. The minimum absolute atomic E-state index is 0.240. The zero-order chi connectivity index (χ0) is 15.2. The molecule has 3 nitrogen and oxygen atoms in total. The minimum atomic E-state index is 0.240. The summed E-state index contributed by atoms with van der Waals surface area (Å²) in [5, 5.41) is 0. The van der Waals surface area contributed by atoms with Gasteiger partial charge in [0.2, 0.25) is 0 Å². The van der Waals surface area contributed by atoms with Crippen molar-refractivity contribution in [3.63, 3.8) is 0 Å². The van der Waals surface area contributed by atoms with E-state index in [9.17, 15) is 0 Å². The molecule has 4 heteroatoms. The SMILES string of the molecule is CCOC1CCCN(c2ccc(CC(N)CC)c(Br)c2)C1. The Bertz CT molecular complexity index is 450. The van der Waals surface area contributed by atoms with Crippen molar-refractivity contribution >= 4 is 21.6 Å². The number of ether oxygens (including phenoxy) is 1. The quantitative estimate of drug-likeness (QED) is 0.845. The highest BCUT2D eigenvalue weighted by molar-refractivity contribution is 9.10. The van der Waals surface area contributed by atoms with Crippen LogP contribution in [0.25, 0.3) is 0 Å². The lowest BCUT2D eigenvalue weighted by Gasteiger charge is -2.34. The molecule has 2 atom stereocenters. The highest BCUT2D eigenvalue weighted by Gasteiger charge is 2.20. The van der Waals surface area contributed by atoms with Gasteiger partial charge in [-0.15, -0.1) is 0 Å². The van der Waals surface area contributed by atoms with Gasteiger partial charge >= 0.3 is 0 Å². The van der Waals surface area contributed by atoms with Crippen LogP contribution in [0.15, 0.2) is 22.7 Å². The van der Waals surface area contributed by atoms with E-state index >= 15 is 0 Å². The molecule has 1 heterocycles. The van der Waals surface area contributed by atoms with Gasteiger partial charge in [0, 0.05) is 35.9 Å². The molecular formula is C17H27BrN2O. The lowest BCUT2D eigenvalue weighted by atomic mass is 10.0. The van der Waals surface area contributed by atoms with Gasteiger partial charge in [-0.2, -0.15) is 0 Å². The van der Waals surface area contributed by atoms with Crippen molar-refractivity contribution in [2.45, 2.75) is 51.7 Å². The average Bonchev–Trinajstić information content (AvgIpc) is 2.49. The molecule has 118 valence electrons. The van der Waals surface area contributed by atoms with Gasteiger partial charge in [0.15, 0.2) is 0 Å². The van der Waals surface area contributed by atoms with Gasteiger partial charge in [0.25, 0.3) is 0 Å². The lowest BCUT2D eigenvalue weighted by molar-refractivity contribution is 0.0527. The summed E-state index contributed by atoms with van der Waals surface area (Å²) in [7, 11) is 0. The van der Waals surface area contributed by atoms with Crippen LogP contribution in [0.4, 0.5) is 5.69 Å². The summed E-state index contributed by atoms with van der Waals surface area (Å²) < 4.78 is 6.95. The highest BCUT2D eigenvalue weighted by Crippen LogP contribution is 2.27. The molecule has 1 aliphatic rings. The molecular weight excluding hydrogens is 328 g/mol. The first kappa shape index (κ1) is 16.8. The summed E-state index contributed by atoms with van der Waals surface area (Å²) in [6.07, 6.45) is 4.69. The lowest BCUT2D eigenvalue weighted by Crippen LogP contribution is -2.39. The third-order valence-electron chi connectivity index (χ3n) is 4.19. The van der Waals surface area contributed by atoms with Crippen LogP contribution in [0.3, 0.4) is 0 Å². The molecule has 2 unspecified atom stereocenters. The van der Waals surface area contributed by atoms with Gasteiger partial charge in [-0.25, -0.2) is 0 Å². The van der Waals surface area contributed by atoms with Crippen LogP contribution in [0, 0.1) is 0 Å². The Balaban J connectivity index is 2.05. The summed E-state index contributed by atoms with van der Waals surface area (Å²) in [6, 6.07) is 6.90. The fraction of sp³-hybridized carbons (Fsp3) is 0.647. The molecule has 0 bridgehead atoms. The van der Waals surface area contributed by atoms with E-state index in [2.05, 4.69) is 52.9 Å². The van der Waals surface area contributed by atoms with Crippen molar-refractivity contribution in [2.75, 3.05) is 24.6 Å². The topological polar surface area (TPSA) is 38.5 Å². The second kappa shape index (κ2) is 8.16. The van der Waals surface area contributed by atoms with Gasteiger partial charge in [0.05, 0.1) is 6.10 Å². The van der Waals surface area contributed by atoms with Crippen molar-refractivity contribution in [2.24, 2.45) is 5.73 Å². The third-order valence-corrected chi connectivity index (χ3v) is 4.93. The first-order chi connectivity index (χ1) is 10.1. The fourth-order valence-electron chi connectivity index (χ4n) is 2.87. The summed E-state index contributed by atoms with van der Waals surface area (Å²) in [5.41, 5.74) is 8.63. The first-order valence-corrected chi connectivity index (χ1v) is 8.83. The van der Waals surface area contributed by atoms with Crippen LogP contribution in [-0.2, 0) is 11.2 Å². The van der Waals surface area contributed by atoms with Crippen molar-refractivity contribution < 1.29 is 4.74 Å². The van der Waals surface area contributed by atoms with Gasteiger partial charge in [-0.05, 0) is 50.3 Å². The highest BCUT2D eigenvalue weighted by atomic mass is 79.9. The molecule has 0 amide bonds. The molecule has 0 aliphatic carbocycles. The maximum atomic E-state index is 6.06. The summed E-state index contributed by atoms with van der Waals surface area (Å²) >= 11 is 3.70. The van der Waals surface area contributed by atoms with E-state index in [4.69, 9.17) is 10.5 Å². The van der Waals surface area contributed by atoms with E-state index in [0.29, 0.717) is 6.10 Å². The molecule has 1 aromatic carbocycles. The number of hydrogen-bond donors (Lipinski definition) is 1. The van der Waals surface area contributed by atoms with Crippen LogP contribution in [0.5, 0.6) is 0 Å². The Labute approximate surface area is 137 Å². The predicted molar refractivity (Wildman–Crippen MR) is 93.0 cm³/mol. The maximum Gasteiger partial charge on any atom is 0.0750 e. The van der Waals surface area contributed by atoms with Crippen molar-refractivity contribution in [3.05, 3.63) is 28.2 Å². The fourth-order valence-corrected chi connectivity index (χ4v) is 3.40. The van der Waals surface area contributed by atoms with E-state index < -0.39 is 0 Å². The van der Waals surface area contributed by atoms with E-state index in [1.165, 1.54) is 28.6 Å². The molecule has 0 aromatic heterocycles. The molecule has 0 saturated carbocycles. The number of nitrogens with two attached hydrogens (primary N) is 1. The van der Waals surface area contributed by atoms with Crippen molar-refractivity contribution in [1.29, 1.82) is 0 Å². The Morgan fingerprint density at radius 1 is 1.43 bits per heavy atom. The predicted octanol–water partition coefficient (Wildman–Crippen LogP) is 3.73. The summed E-state index contributed by atoms with van der Waals surface area (Å²) in [6.45, 7) is 7.11. The van der Waals surface area contributed by atoms with Gasteiger partial charge < -0.3 is 15.4 Å². The number of hydrogen-bond acceptors (Lipinski definition) is 3. The van der Waals surface area contributed by atoms with Crippen LogP contribution in [-0.4, -0.2) is 31.8 Å². The molecule has 1 fully saturated rings. The Morgan fingerprint density at radius 2 is 2.24 bits per heavy atom. The standard InChI is InChI=1S/C17H27BrN2O/c1-3-14(19)10-13-7-8-15(11-17(13)18)20-9-5-6-16(12-20)21-4-2/h7-8,11,14,16H,3-6,9-10,12,19H2,1-2H3. The zero-order valence-corrected chi connectivity index (χ0v) is 14.7. The number of anilines is 1. The summed E-state index contributed by atoms with van der Waals surface area (Å²) in [5.74, 6) is 0. The smallest absolute Gasteiger partial charge is 0.0750 e. The first-order valence-electron chi connectivity index (χ1n) is 8.04. The Morgan fingerprint density at radius 3 is 2.90 bits per heavy atom. The molecule has 2 rings (SSSR count). The third kappa shape index (κ3) is 4.70. The van der Waals surface area contributed by atoms with Crippen LogP contribution in [0.2, 0.25) is 0 Å². The van der Waals surface area contributed by atoms with Crippen molar-refractivity contribution in [1.82, 2.24) is 0 Å². The van der Waals surface area contributed by atoms with Crippen LogP contribution < -0.4 is 10.6 Å². The number of benzene rings is 1. The van der Waals surface area contributed by atoms with Gasteiger partial charge in [-0.3, -0.25) is 0 Å². The number of rotatable bonds is 6. The van der Waals surface area contributed by atoms with Crippen molar-refractivity contribution in [3.8, 4) is 0 Å². The van der Waals surface area contributed by atoms with Gasteiger partial charge in [-0.1, -0.05) is 28.9 Å². The number of piperidine rings is 1. The second-order valence-electron chi connectivity index (χ2n) is 5.81. The molecule has 21 heavy (non-hydrogen) atoms. The summed E-state index contributed by atoms with van der Waals surface area (Å²) in [4.78, 5) is 2.43. The van der Waals surface area contributed by atoms with Gasteiger partial charge in [0.1, 0.15) is 0 Å². The van der Waals surface area contributed by atoms with E-state index in [0.717, 1.165) is 32.5 Å². The van der Waals surface area contributed by atoms with E-state index in [1.54, 1.807) is 0 Å². The normalized spacial score (nSPS) is 20.6. The second-order valence-corrected chi connectivity index (χ2v) is 6.67. The maximum absolute atomic E-state index is 6.06.